The van der Waals surface area contributed by atoms with Gasteiger partial charge in [-0.05, 0) is 37.1 Å². The van der Waals surface area contributed by atoms with Crippen LogP contribution in [0.15, 0.2) is 40.5 Å². The number of sulfonamides is 1. The van der Waals surface area contributed by atoms with Crippen LogP contribution in [-0.2, 0) is 21.3 Å². The number of rotatable bonds is 12. The molecule has 0 aliphatic carbocycles. The fraction of sp³-hybridized carbons (Fsp3) is 0.520. The summed E-state index contributed by atoms with van der Waals surface area (Å²) in [7, 11) is -1.88. The summed E-state index contributed by atoms with van der Waals surface area (Å²) < 4.78 is 34.1. The molecule has 38 heavy (non-hydrogen) atoms. The molecule has 1 aliphatic heterocycles. The average molecular weight is 562 g/mol. The molecule has 0 spiro atoms. The number of methoxy groups -OCH3 is 1. The third kappa shape index (κ3) is 6.82. The predicted molar refractivity (Wildman–Crippen MR) is 148 cm³/mol. The van der Waals surface area contributed by atoms with Crippen molar-refractivity contribution >= 4 is 44.5 Å². The number of benzene rings is 1. The van der Waals surface area contributed by atoms with Crippen LogP contribution in [0.5, 0.6) is 0 Å². The number of nitrogens with one attached hydrogen (secondary N) is 2. The molecule has 1 amide bonds. The minimum absolute atomic E-state index is 0.212. The number of anilines is 1. The molecule has 4 rings (SSSR count). The van der Waals surface area contributed by atoms with Crippen LogP contribution in [0.2, 0.25) is 0 Å². The molecule has 11 nitrogen and oxygen atoms in total. The van der Waals surface area contributed by atoms with E-state index in [0.717, 1.165) is 24.6 Å². The molecule has 3 aromatic rings. The fourth-order valence-corrected chi connectivity index (χ4v) is 6.40. The lowest BCUT2D eigenvalue weighted by atomic mass is 10.2. The molecule has 0 saturated carbocycles. The second kappa shape index (κ2) is 12.9. The van der Waals surface area contributed by atoms with E-state index >= 15 is 0 Å². The second-order valence-electron chi connectivity index (χ2n) is 9.29. The molecule has 1 aromatic carbocycles. The van der Waals surface area contributed by atoms with Gasteiger partial charge in [-0.15, -0.1) is 0 Å². The van der Waals surface area contributed by atoms with Crippen LogP contribution in [0, 0.1) is 0 Å². The van der Waals surface area contributed by atoms with E-state index in [1.807, 2.05) is 0 Å². The molecule has 2 aromatic heterocycles. The highest BCUT2D eigenvalue weighted by Gasteiger charge is 2.26. The van der Waals surface area contributed by atoms with Crippen molar-refractivity contribution in [2.75, 3.05) is 45.2 Å². The highest BCUT2D eigenvalue weighted by molar-refractivity contribution is 7.99. The highest BCUT2D eigenvalue weighted by Crippen LogP contribution is 2.26. The minimum atomic E-state index is -3.53. The molecule has 206 valence electrons. The summed E-state index contributed by atoms with van der Waals surface area (Å²) in [4.78, 5) is 22.3. The van der Waals surface area contributed by atoms with Crippen LogP contribution in [0.1, 0.15) is 43.5 Å². The number of hydrogen-bond donors (Lipinski definition) is 2. The topological polar surface area (TPSA) is 131 Å². The Bertz CT molecular complexity index is 1340. The zero-order valence-electron chi connectivity index (χ0n) is 22.0. The number of carbonyl (C=O) groups is 1. The number of piperidine rings is 1. The summed E-state index contributed by atoms with van der Waals surface area (Å²) in [5.74, 6) is 0.418. The summed E-state index contributed by atoms with van der Waals surface area (Å²) in [6.45, 7) is 7.14. The summed E-state index contributed by atoms with van der Waals surface area (Å²) in [5.41, 5.74) is 1.08. The standard InChI is InChI=1S/C25H35N7O4S2/c1-18(2)37-25-29-22(26-12-16-36-3)21-17-28-32(23(21)30-25)15-11-27-24(33)19-7-9-20(10-8-19)38(34,35)31-13-5-4-6-14-31/h7-10,17-18H,4-6,11-16H2,1-3H3,(H,27,33)(H,26,29,30). The van der Waals surface area contributed by atoms with Crippen LogP contribution in [0.4, 0.5) is 5.82 Å². The lowest BCUT2D eigenvalue weighted by Gasteiger charge is -2.25. The Labute approximate surface area is 227 Å². The lowest BCUT2D eigenvalue weighted by molar-refractivity contribution is 0.0952. The van der Waals surface area contributed by atoms with E-state index in [0.29, 0.717) is 66.8 Å². The number of thioether (sulfide) groups is 1. The van der Waals surface area contributed by atoms with E-state index in [9.17, 15) is 13.2 Å². The van der Waals surface area contributed by atoms with Gasteiger partial charge in [0, 0.05) is 44.1 Å². The molecule has 1 aliphatic rings. The molecule has 3 heterocycles. The van der Waals surface area contributed by atoms with Gasteiger partial charge in [0.2, 0.25) is 10.0 Å². The number of aromatic nitrogens is 4. The SMILES string of the molecule is COCCNc1nc(SC(C)C)nc2c1cnn2CCNC(=O)c1ccc(S(=O)(=O)N2CCCCC2)cc1. The van der Waals surface area contributed by atoms with Gasteiger partial charge in [0.25, 0.3) is 5.91 Å². The van der Waals surface area contributed by atoms with Crippen LogP contribution >= 0.6 is 11.8 Å². The van der Waals surface area contributed by atoms with E-state index in [1.165, 1.54) is 16.4 Å². The van der Waals surface area contributed by atoms with Crippen molar-refractivity contribution < 1.29 is 17.9 Å². The average Bonchev–Trinajstić information content (AvgIpc) is 3.32. The zero-order chi connectivity index (χ0) is 27.1. The monoisotopic (exact) mass is 561 g/mol. The molecule has 0 radical (unpaired) electrons. The third-order valence-electron chi connectivity index (χ3n) is 6.09. The Morgan fingerprint density at radius 2 is 1.84 bits per heavy atom. The molecule has 0 unspecified atom stereocenters. The molecule has 2 N–H and O–H groups in total. The van der Waals surface area contributed by atoms with Crippen molar-refractivity contribution in [3.63, 3.8) is 0 Å². The fourth-order valence-electron chi connectivity index (χ4n) is 4.18. The molecule has 0 bridgehead atoms. The lowest BCUT2D eigenvalue weighted by Crippen LogP contribution is -2.35. The Balaban J connectivity index is 1.41. The number of amides is 1. The highest BCUT2D eigenvalue weighted by atomic mass is 32.2. The Hall–Kier alpha value is -2.74. The number of ether oxygens (including phenoxy) is 1. The van der Waals surface area contributed by atoms with Gasteiger partial charge in [-0.25, -0.2) is 23.1 Å². The Morgan fingerprint density at radius 1 is 1.11 bits per heavy atom. The van der Waals surface area contributed by atoms with Gasteiger partial charge in [-0.3, -0.25) is 4.79 Å². The van der Waals surface area contributed by atoms with Crippen molar-refractivity contribution in [3.05, 3.63) is 36.0 Å². The van der Waals surface area contributed by atoms with Crippen molar-refractivity contribution in [1.82, 2.24) is 29.4 Å². The van der Waals surface area contributed by atoms with Gasteiger partial charge >= 0.3 is 0 Å². The molecule has 13 heteroatoms. The van der Waals surface area contributed by atoms with Gasteiger partial charge in [-0.1, -0.05) is 32.0 Å². The number of nitrogens with zero attached hydrogens (tertiary/aromatic N) is 5. The quantitative estimate of drug-likeness (QED) is 0.195. The predicted octanol–water partition coefficient (Wildman–Crippen LogP) is 2.99. The maximum atomic E-state index is 12.9. The number of hydrogen-bond acceptors (Lipinski definition) is 9. The first-order valence-corrected chi connectivity index (χ1v) is 15.1. The van der Waals surface area contributed by atoms with Crippen molar-refractivity contribution in [1.29, 1.82) is 0 Å². The largest absolute Gasteiger partial charge is 0.383 e. The summed E-state index contributed by atoms with van der Waals surface area (Å²) in [6, 6.07) is 6.11. The number of carbonyl (C=O) groups excluding carboxylic acids is 1. The van der Waals surface area contributed by atoms with Crippen LogP contribution < -0.4 is 10.6 Å². The van der Waals surface area contributed by atoms with Gasteiger partial charge in [0.05, 0.1) is 29.6 Å². The summed E-state index contributed by atoms with van der Waals surface area (Å²) in [5, 5.41) is 12.4. The van der Waals surface area contributed by atoms with Crippen LogP contribution in [0.25, 0.3) is 11.0 Å². The third-order valence-corrected chi connectivity index (χ3v) is 8.87. The zero-order valence-corrected chi connectivity index (χ0v) is 23.6. The normalized spacial score (nSPS) is 14.7. The number of fused-ring (bicyclic) bond motifs is 1. The first-order valence-electron chi connectivity index (χ1n) is 12.8. The van der Waals surface area contributed by atoms with Gasteiger partial charge in [-0.2, -0.15) is 9.40 Å². The van der Waals surface area contributed by atoms with Gasteiger partial charge in [0.15, 0.2) is 10.8 Å². The Morgan fingerprint density at radius 3 is 2.53 bits per heavy atom. The molecule has 1 saturated heterocycles. The molecule has 0 atom stereocenters. The smallest absolute Gasteiger partial charge is 0.251 e. The van der Waals surface area contributed by atoms with E-state index < -0.39 is 10.0 Å². The second-order valence-corrected chi connectivity index (χ2v) is 12.8. The maximum Gasteiger partial charge on any atom is 0.251 e. The van der Waals surface area contributed by atoms with E-state index in [2.05, 4.69) is 34.6 Å². The van der Waals surface area contributed by atoms with Crippen molar-refractivity contribution in [2.24, 2.45) is 0 Å². The minimum Gasteiger partial charge on any atom is -0.383 e. The first-order chi connectivity index (χ1) is 18.3. The summed E-state index contributed by atoms with van der Waals surface area (Å²) in [6.07, 6.45) is 4.52. The maximum absolute atomic E-state index is 12.9. The first kappa shape index (κ1) is 28.3. The van der Waals surface area contributed by atoms with Gasteiger partial charge < -0.3 is 15.4 Å². The molecular weight excluding hydrogens is 526 g/mol. The molecular formula is C25H35N7O4S2. The van der Waals surface area contributed by atoms with Gasteiger partial charge in [0.1, 0.15) is 5.82 Å². The van der Waals surface area contributed by atoms with Crippen LogP contribution in [-0.4, -0.2) is 83.5 Å². The van der Waals surface area contributed by atoms with E-state index in [-0.39, 0.29) is 10.8 Å². The van der Waals surface area contributed by atoms with Crippen molar-refractivity contribution in [3.8, 4) is 0 Å². The van der Waals surface area contributed by atoms with E-state index in [1.54, 1.807) is 41.9 Å². The van der Waals surface area contributed by atoms with Crippen molar-refractivity contribution in [2.45, 2.75) is 55.0 Å². The molecule has 1 fully saturated rings. The van der Waals surface area contributed by atoms with E-state index in [4.69, 9.17) is 9.72 Å². The summed E-state index contributed by atoms with van der Waals surface area (Å²) >= 11 is 1.57. The Kier molecular flexibility index (Phi) is 9.58. The van der Waals surface area contributed by atoms with Crippen LogP contribution in [0.3, 0.4) is 0 Å².